The molecule has 140 heavy (non-hydrogen) atoms. The van der Waals surface area contributed by atoms with Crippen LogP contribution in [-0.4, -0.2) is 63.0 Å². The minimum atomic E-state index is -4.37. The van der Waals surface area contributed by atoms with Crippen LogP contribution in [0.1, 0.15) is 329 Å². The molecule has 0 amide bonds. The number of ketones is 1. The van der Waals surface area contributed by atoms with E-state index in [1.165, 1.54) is 152 Å². The van der Waals surface area contributed by atoms with Crippen molar-refractivity contribution < 1.29 is 22.7 Å². The van der Waals surface area contributed by atoms with Gasteiger partial charge in [0, 0.05) is 24.2 Å². The summed E-state index contributed by atoms with van der Waals surface area (Å²) in [4.78, 5) is 16.7. The molecule has 3 saturated carbocycles. The second-order valence-corrected chi connectivity index (χ2v) is 46.3. The van der Waals surface area contributed by atoms with Crippen LogP contribution in [0.5, 0.6) is 11.5 Å². The van der Waals surface area contributed by atoms with E-state index >= 15 is 0 Å². The number of nitrogens with zero attached hydrogens (tertiary/aromatic N) is 2. The van der Waals surface area contributed by atoms with E-state index in [1.807, 2.05) is 102 Å². The second-order valence-electron chi connectivity index (χ2n) is 46.3. The monoisotopic (exact) mass is 1910 g/mol. The van der Waals surface area contributed by atoms with Gasteiger partial charge >= 0.3 is 6.18 Å². The third-order valence-electron chi connectivity index (χ3n) is 31.1. The Hall–Kier alpha value is -8.62. The van der Waals surface area contributed by atoms with Crippen molar-refractivity contribution in [1.29, 1.82) is 0 Å². The number of benzene rings is 10. The molecule has 0 spiro atoms. The predicted molar refractivity (Wildman–Crippen MR) is 612 cm³/mol. The molecule has 0 aromatic heterocycles. The van der Waals surface area contributed by atoms with E-state index in [0.717, 1.165) is 164 Å². The molecule has 0 bridgehead atoms. The van der Waals surface area contributed by atoms with Crippen molar-refractivity contribution in [1.82, 2.24) is 9.80 Å². The summed E-state index contributed by atoms with van der Waals surface area (Å²) >= 11 is 0. The Morgan fingerprint density at radius 1 is 0.300 bits per heavy atom. The molecule has 0 N–H and O–H groups in total. The lowest BCUT2D eigenvalue weighted by atomic mass is 9.69. The molecule has 7 heteroatoms. The number of carbonyl (C=O) groups is 1. The highest BCUT2D eigenvalue weighted by atomic mass is 19.4. The highest BCUT2D eigenvalue weighted by Crippen LogP contribution is 2.48. The van der Waals surface area contributed by atoms with E-state index in [2.05, 4.69) is 370 Å². The Bertz CT molecular complexity index is 4950. The summed E-state index contributed by atoms with van der Waals surface area (Å²) in [6.45, 7) is 91.5. The lowest BCUT2D eigenvalue weighted by Crippen LogP contribution is -2.40. The van der Waals surface area contributed by atoms with Crippen LogP contribution in [0.25, 0.3) is 22.3 Å². The lowest BCUT2D eigenvalue weighted by molar-refractivity contribution is -0.173. The molecule has 0 aliphatic heterocycles. The van der Waals surface area contributed by atoms with Gasteiger partial charge in [-0.05, 0) is 424 Å². The molecule has 10 unspecified atom stereocenters. The zero-order chi connectivity index (χ0) is 107. The predicted octanol–water partition coefficient (Wildman–Crippen LogP) is 38.9. The number of carbonyl (C=O) groups excluding carboxylic acids is 1. The Kier molecular flexibility index (Phi) is 54.0. The van der Waals surface area contributed by atoms with Gasteiger partial charge in [-0.15, -0.1) is 0 Å². The fourth-order valence-electron chi connectivity index (χ4n) is 18.3. The molecule has 3 aliphatic carbocycles. The molecular formula is C133H199F3N2O2. The summed E-state index contributed by atoms with van der Waals surface area (Å²) < 4.78 is 47.9. The minimum Gasteiger partial charge on any atom is -0.457 e. The molecule has 0 heterocycles. The van der Waals surface area contributed by atoms with Crippen molar-refractivity contribution in [3.8, 4) is 33.8 Å². The van der Waals surface area contributed by atoms with Crippen molar-refractivity contribution in [3.05, 3.63) is 316 Å². The molecule has 10 aromatic carbocycles. The van der Waals surface area contributed by atoms with E-state index in [9.17, 15) is 18.0 Å². The van der Waals surface area contributed by atoms with Gasteiger partial charge in [-0.25, -0.2) is 0 Å². The number of hydrogen-bond donors (Lipinski definition) is 0. The molecule has 774 valence electrons. The Labute approximate surface area is 858 Å². The largest absolute Gasteiger partial charge is 0.457 e. The molecule has 4 nitrogen and oxygen atoms in total. The summed E-state index contributed by atoms with van der Waals surface area (Å²) in [5.41, 5.74) is 29.3. The normalized spacial score (nSPS) is 19.1. The number of rotatable bonds is 15. The number of likely N-dealkylation sites (N-methyl/N-ethyl adjacent to an activating group) is 2. The van der Waals surface area contributed by atoms with E-state index in [4.69, 9.17) is 4.74 Å². The summed E-state index contributed by atoms with van der Waals surface area (Å²) in [6.07, 6.45) is 5.65. The first-order valence-electron chi connectivity index (χ1n) is 53.3. The van der Waals surface area contributed by atoms with Crippen molar-refractivity contribution in [2.45, 2.75) is 340 Å². The molecule has 0 radical (unpaired) electrons. The third kappa shape index (κ3) is 43.5. The molecule has 0 saturated heterocycles. The van der Waals surface area contributed by atoms with Crippen LogP contribution in [0, 0.1) is 233 Å². The number of ether oxygens (including phenoxy) is 1. The fourth-order valence-corrected chi connectivity index (χ4v) is 18.3. The van der Waals surface area contributed by atoms with Crippen LogP contribution in [-0.2, 0) is 5.41 Å². The number of halogens is 3. The standard InChI is InChI=1S/C19H21F3.C17H18O.C16H18O.2C16H18.2C10H20.C9H18.C8H18.C6H16N2.C6H14/c1-12-6-13(2)9-16(8-12)18(5,19(20,21)22)17-10-14(3)7-15(4)11-17;1-11-5-7-15(9-13(11)3)17(18)16-8-6-12(2)14(4)10-16;1-11-5-7-15(9-13(11)3)17-16-8-6-12(2)14(4)10-16;1-11-5-12(2)8-15(7-11)16-9-13(3)6-14(4)10-16;1-11-5-7-15(9-13(11)3)16-8-6-12(2)14(4)10-16;1-7-5-8(2)10(4)9(3)6-7;1-7-5-6-8(2)10(4)9(7)3;1-6-5-7(2)9(4)8(6)3;2*1-7(2)5-6-8(3)4;1-5(2)6(3)4/h6-11H,1-5H3;5-10H,1-4H3;5-10H,1-4H3;2*5-10H,1-4H3;2*7-10H,5-6H2,1-4H3;6-9H,5H2,1-4H3;7-8H,5-6H2,1-4H3;5-6H2,1-4H3;5-6H,1-4H3. The van der Waals surface area contributed by atoms with Gasteiger partial charge in [-0.3, -0.25) is 4.79 Å². The smallest absolute Gasteiger partial charge is 0.402 e. The van der Waals surface area contributed by atoms with Gasteiger partial charge in [0.25, 0.3) is 0 Å². The van der Waals surface area contributed by atoms with Gasteiger partial charge in [-0.2, -0.15) is 13.2 Å². The zero-order valence-electron chi connectivity index (χ0n) is 97.3. The summed E-state index contributed by atoms with van der Waals surface area (Å²) in [5.74, 6) is 16.9. The van der Waals surface area contributed by atoms with Crippen molar-refractivity contribution in [3.63, 3.8) is 0 Å². The molecule has 10 aromatic rings. The molecule has 10 atom stereocenters. The summed E-state index contributed by atoms with van der Waals surface area (Å²) in [6, 6.07) is 61.2. The van der Waals surface area contributed by atoms with Crippen LogP contribution in [0.3, 0.4) is 0 Å². The van der Waals surface area contributed by atoms with Gasteiger partial charge in [0.2, 0.25) is 0 Å². The van der Waals surface area contributed by atoms with Crippen molar-refractivity contribution >= 4 is 5.78 Å². The maximum absolute atomic E-state index is 14.0. The number of aryl methyl sites for hydroxylation is 20. The molecule has 13 rings (SSSR count). The summed E-state index contributed by atoms with van der Waals surface area (Å²) in [5, 5.41) is 0. The first-order chi connectivity index (χ1) is 65.0. The van der Waals surface area contributed by atoms with Gasteiger partial charge < -0.3 is 14.5 Å². The van der Waals surface area contributed by atoms with E-state index in [1.54, 1.807) is 24.3 Å². The first-order valence-corrected chi connectivity index (χ1v) is 53.3. The van der Waals surface area contributed by atoms with Crippen LogP contribution < -0.4 is 4.74 Å². The van der Waals surface area contributed by atoms with Crippen LogP contribution >= 0.6 is 0 Å². The Morgan fingerprint density at radius 2 is 0.550 bits per heavy atom. The van der Waals surface area contributed by atoms with E-state index in [0.29, 0.717) is 11.1 Å². The van der Waals surface area contributed by atoms with Gasteiger partial charge in [0.05, 0.1) is 0 Å². The topological polar surface area (TPSA) is 32.8 Å². The highest BCUT2D eigenvalue weighted by molar-refractivity contribution is 6.09. The third-order valence-corrected chi connectivity index (χ3v) is 31.1. The van der Waals surface area contributed by atoms with E-state index in [-0.39, 0.29) is 5.78 Å². The quantitative estimate of drug-likeness (QED) is 0.0958. The molecule has 3 aliphatic rings. The average Bonchev–Trinajstić information content (AvgIpc) is 0.779. The number of alkyl halides is 3. The van der Waals surface area contributed by atoms with Crippen LogP contribution in [0.15, 0.2) is 182 Å². The zero-order valence-corrected chi connectivity index (χ0v) is 97.3. The maximum atomic E-state index is 14.0. The van der Waals surface area contributed by atoms with Crippen molar-refractivity contribution in [2.75, 3.05) is 41.3 Å². The van der Waals surface area contributed by atoms with Crippen LogP contribution in [0.2, 0.25) is 0 Å². The maximum Gasteiger partial charge on any atom is 0.402 e. The molecule has 3 fully saturated rings. The summed E-state index contributed by atoms with van der Waals surface area (Å²) in [7, 11) is 8.35. The van der Waals surface area contributed by atoms with Crippen molar-refractivity contribution in [2.24, 2.45) is 94.7 Å². The molecular weight excluding hydrogens is 1710 g/mol. The Balaban J connectivity index is 0.000000404. The van der Waals surface area contributed by atoms with Gasteiger partial charge in [0.15, 0.2) is 5.78 Å². The highest BCUT2D eigenvalue weighted by Gasteiger charge is 2.54. The van der Waals surface area contributed by atoms with E-state index < -0.39 is 11.6 Å². The minimum absolute atomic E-state index is 0.0983. The fraction of sp³-hybridized carbons (Fsp3) is 0.541. The first kappa shape index (κ1) is 126. The Morgan fingerprint density at radius 3 is 0.786 bits per heavy atom. The van der Waals surface area contributed by atoms with Gasteiger partial charge in [-0.1, -0.05) is 354 Å². The SMILES string of the molecule is CC(C)C(C)C.CC(C)CCC(C)C.CC1CC(C)C(C)C(C)C1.CC1CC(C)C(C)C1C.CC1CCC(C)C(C)C1C.CN(C)CCN(C)C.Cc1cc(C)cc(-c2cc(C)cc(C)c2)c1.Cc1cc(C)cc(C(C)(c2cc(C)cc(C)c2)C(F)(F)F)c1.Cc1ccc(-c2ccc(C)c(C)c2)cc1C.Cc1ccc(C(=O)c2ccc(C)c(C)c2)cc1C.Cc1ccc(Oc2ccc(C)c(C)c2)cc1C. The number of hydrogen-bond acceptors (Lipinski definition) is 4. The van der Waals surface area contributed by atoms with Crippen LogP contribution in [0.4, 0.5) is 13.2 Å². The lowest BCUT2D eigenvalue weighted by Gasteiger charge is -2.36. The van der Waals surface area contributed by atoms with Gasteiger partial charge in [0.1, 0.15) is 16.9 Å². The average molecular weight is 1920 g/mol. The second kappa shape index (κ2) is 60.2.